The van der Waals surface area contributed by atoms with E-state index in [2.05, 4.69) is 55.4 Å². The van der Waals surface area contributed by atoms with Crippen LogP contribution in [0.4, 0.5) is 0 Å². The average Bonchev–Trinajstić information content (AvgIpc) is 0.906. The van der Waals surface area contributed by atoms with Gasteiger partial charge in [-0.15, -0.1) is 0 Å². The number of rotatable bonds is 80. The highest BCUT2D eigenvalue weighted by Gasteiger charge is 2.30. The summed E-state index contributed by atoms with van der Waals surface area (Å²) in [5, 5.41) is 10.6. The van der Waals surface area contributed by atoms with Gasteiger partial charge in [0.1, 0.15) is 19.3 Å². The highest BCUT2D eigenvalue weighted by atomic mass is 31.2. The predicted molar refractivity (Wildman–Crippen MR) is 418 cm³/mol. The molecule has 0 bridgehead atoms. The molecule has 0 heterocycles. The Morgan fingerprint density at radius 2 is 0.471 bits per heavy atom. The van der Waals surface area contributed by atoms with E-state index in [0.29, 0.717) is 25.7 Å². The molecule has 102 heavy (non-hydrogen) atoms. The minimum atomic E-state index is -4.96. The van der Waals surface area contributed by atoms with E-state index in [0.717, 1.165) is 120 Å². The molecular formula is C83H162O17P2. The summed E-state index contributed by atoms with van der Waals surface area (Å²) in [6.07, 6.45) is 59.7. The number of carbonyl (C=O) groups is 4. The number of aliphatic hydroxyl groups is 1. The second-order valence-electron chi connectivity index (χ2n) is 31.1. The lowest BCUT2D eigenvalue weighted by Crippen LogP contribution is -2.30. The summed E-state index contributed by atoms with van der Waals surface area (Å²) >= 11 is 0. The number of unbranched alkanes of at least 4 members (excludes halogenated alkanes) is 43. The van der Waals surface area contributed by atoms with Crippen LogP contribution in [0.3, 0.4) is 0 Å². The maximum atomic E-state index is 13.1. The van der Waals surface area contributed by atoms with Gasteiger partial charge in [0.2, 0.25) is 0 Å². The Balaban J connectivity index is 5.17. The lowest BCUT2D eigenvalue weighted by Gasteiger charge is -2.21. The molecule has 0 fully saturated rings. The molecule has 0 aromatic carbocycles. The maximum Gasteiger partial charge on any atom is 0.472 e. The minimum Gasteiger partial charge on any atom is -0.462 e. The van der Waals surface area contributed by atoms with Crippen LogP contribution in [0.5, 0.6) is 0 Å². The molecule has 0 aromatic rings. The summed E-state index contributed by atoms with van der Waals surface area (Å²) in [5.74, 6) is 1.06. The van der Waals surface area contributed by atoms with E-state index in [-0.39, 0.29) is 25.7 Å². The summed E-state index contributed by atoms with van der Waals surface area (Å²) in [7, 11) is -9.92. The number of esters is 4. The van der Waals surface area contributed by atoms with Crippen LogP contribution in [0.2, 0.25) is 0 Å². The lowest BCUT2D eigenvalue weighted by atomic mass is 9.99. The van der Waals surface area contributed by atoms with E-state index in [4.69, 9.17) is 37.0 Å². The van der Waals surface area contributed by atoms with Crippen molar-refractivity contribution in [1.29, 1.82) is 0 Å². The Labute approximate surface area is 626 Å². The van der Waals surface area contributed by atoms with Crippen molar-refractivity contribution in [1.82, 2.24) is 0 Å². The summed E-state index contributed by atoms with van der Waals surface area (Å²) < 4.78 is 68.7. The number of carbonyl (C=O) groups excluding carboxylic acids is 4. The SMILES string of the molecule is CCC(C)CCCCCCCCCCCCCCCCCCCCC(=O)OC[C@H](COP(=O)(O)OC[C@@H](O)COP(=O)(O)OC[C@@H](COC(=O)CCCCCCCCC(C)CC)OC(=O)CCCCCCCCCCCCCCCCCC(C)C)OC(=O)CCCCCCCCCCC(C)CC. The van der Waals surface area contributed by atoms with Gasteiger partial charge < -0.3 is 33.8 Å². The van der Waals surface area contributed by atoms with Gasteiger partial charge in [-0.2, -0.15) is 0 Å². The Morgan fingerprint density at radius 1 is 0.275 bits per heavy atom. The van der Waals surface area contributed by atoms with Crippen LogP contribution in [0, 0.1) is 23.7 Å². The molecular weight excluding hydrogens is 1330 g/mol. The van der Waals surface area contributed by atoms with E-state index in [1.807, 2.05) is 0 Å². The third-order valence-electron chi connectivity index (χ3n) is 20.4. The molecule has 8 atom stereocenters. The van der Waals surface area contributed by atoms with Crippen LogP contribution in [0.25, 0.3) is 0 Å². The number of phosphoric ester groups is 2. The van der Waals surface area contributed by atoms with E-state index < -0.39 is 97.5 Å². The fraction of sp³-hybridized carbons (Fsp3) is 0.952. The van der Waals surface area contributed by atoms with Crippen LogP contribution in [0.15, 0.2) is 0 Å². The fourth-order valence-electron chi connectivity index (χ4n) is 12.7. The van der Waals surface area contributed by atoms with Gasteiger partial charge in [-0.25, -0.2) is 9.13 Å². The van der Waals surface area contributed by atoms with Crippen molar-refractivity contribution in [3.63, 3.8) is 0 Å². The van der Waals surface area contributed by atoms with Gasteiger partial charge in [0.25, 0.3) is 0 Å². The van der Waals surface area contributed by atoms with E-state index >= 15 is 0 Å². The molecule has 0 rings (SSSR count). The summed E-state index contributed by atoms with van der Waals surface area (Å²) in [6.45, 7) is 14.3. The largest absolute Gasteiger partial charge is 0.472 e. The molecule has 0 aliphatic rings. The summed E-state index contributed by atoms with van der Waals surface area (Å²) in [4.78, 5) is 73.0. The van der Waals surface area contributed by atoms with E-state index in [1.54, 1.807) is 0 Å². The van der Waals surface area contributed by atoms with E-state index in [1.165, 1.54) is 225 Å². The number of ether oxygens (including phenoxy) is 4. The Hall–Kier alpha value is -1.94. The zero-order valence-electron chi connectivity index (χ0n) is 67.2. The van der Waals surface area contributed by atoms with Crippen LogP contribution in [0.1, 0.15) is 428 Å². The minimum absolute atomic E-state index is 0.105. The summed E-state index contributed by atoms with van der Waals surface area (Å²) in [5.41, 5.74) is 0. The average molecular weight is 1490 g/mol. The zero-order chi connectivity index (χ0) is 75.3. The van der Waals surface area contributed by atoms with Crippen molar-refractivity contribution in [2.45, 2.75) is 446 Å². The molecule has 0 amide bonds. The number of hydrogen-bond acceptors (Lipinski definition) is 15. The highest BCUT2D eigenvalue weighted by molar-refractivity contribution is 7.47. The van der Waals surface area contributed by atoms with Crippen molar-refractivity contribution >= 4 is 39.5 Å². The van der Waals surface area contributed by atoms with Crippen LogP contribution < -0.4 is 0 Å². The molecule has 19 heteroatoms. The van der Waals surface area contributed by atoms with E-state index in [9.17, 15) is 43.2 Å². The highest BCUT2D eigenvalue weighted by Crippen LogP contribution is 2.45. The first-order valence-corrected chi connectivity index (χ1v) is 45.8. The Morgan fingerprint density at radius 3 is 0.696 bits per heavy atom. The monoisotopic (exact) mass is 1490 g/mol. The van der Waals surface area contributed by atoms with Crippen molar-refractivity contribution in [3.8, 4) is 0 Å². The predicted octanol–water partition coefficient (Wildman–Crippen LogP) is 24.8. The molecule has 606 valence electrons. The van der Waals surface area contributed by atoms with Crippen LogP contribution in [-0.4, -0.2) is 96.7 Å². The van der Waals surface area contributed by atoms with Gasteiger partial charge in [0.15, 0.2) is 12.2 Å². The molecule has 0 aromatic heterocycles. The first-order valence-electron chi connectivity index (χ1n) is 42.8. The molecule has 3 N–H and O–H groups in total. The van der Waals surface area contributed by atoms with Crippen molar-refractivity contribution in [2.75, 3.05) is 39.6 Å². The van der Waals surface area contributed by atoms with Gasteiger partial charge in [0, 0.05) is 25.7 Å². The first kappa shape index (κ1) is 100. The van der Waals surface area contributed by atoms with Gasteiger partial charge >= 0.3 is 39.5 Å². The molecule has 17 nitrogen and oxygen atoms in total. The molecule has 0 aliphatic heterocycles. The topological polar surface area (TPSA) is 237 Å². The molecule has 0 radical (unpaired) electrons. The zero-order valence-corrected chi connectivity index (χ0v) is 69.0. The molecule has 5 unspecified atom stereocenters. The number of aliphatic hydroxyl groups excluding tert-OH is 1. The third kappa shape index (κ3) is 72.3. The Bertz CT molecular complexity index is 1990. The quantitative estimate of drug-likeness (QED) is 0.0222. The van der Waals surface area contributed by atoms with Crippen molar-refractivity contribution in [3.05, 3.63) is 0 Å². The molecule has 0 saturated carbocycles. The standard InChI is InChI=1S/C83H162O17P2/c1-9-74(6)60-52-44-36-30-26-22-18-14-12-13-15-19-23-27-31-38-47-55-63-80(85)93-69-78(100-83(88)66-58-50-40-34-33-37-45-53-61-75(7)10-2)71-97-101(89,90)95-67-77(84)68-96-102(91,92)98-72-79(70-94-81(86)64-56-48-42-41-46-54-62-76(8)11-3)99-82(87)65-57-49-39-32-28-24-20-16-17-21-25-29-35-43-51-59-73(4)5/h73-79,84H,9-72H2,1-8H3,(H,89,90)(H,91,92)/t74?,75?,76?,77-,78-,79-/m1/s1. The molecule has 0 aliphatic carbocycles. The maximum absolute atomic E-state index is 13.1. The first-order chi connectivity index (χ1) is 49.2. The van der Waals surface area contributed by atoms with Gasteiger partial charge in [-0.05, 0) is 49.4 Å². The number of hydrogen-bond donors (Lipinski definition) is 3. The smallest absolute Gasteiger partial charge is 0.462 e. The molecule has 0 spiro atoms. The Kier molecular flexibility index (Phi) is 70.6. The van der Waals surface area contributed by atoms with Crippen LogP contribution in [-0.2, 0) is 65.4 Å². The van der Waals surface area contributed by atoms with Crippen molar-refractivity contribution < 1.29 is 80.2 Å². The fourth-order valence-corrected chi connectivity index (χ4v) is 14.3. The normalized spacial score (nSPS) is 14.8. The molecule has 0 saturated heterocycles. The van der Waals surface area contributed by atoms with Crippen LogP contribution >= 0.6 is 15.6 Å². The van der Waals surface area contributed by atoms with Gasteiger partial charge in [-0.3, -0.25) is 37.3 Å². The number of phosphoric acid groups is 2. The van der Waals surface area contributed by atoms with Crippen molar-refractivity contribution in [2.24, 2.45) is 23.7 Å². The lowest BCUT2D eigenvalue weighted by molar-refractivity contribution is -0.161. The van der Waals surface area contributed by atoms with Gasteiger partial charge in [-0.1, -0.05) is 376 Å². The second kappa shape index (κ2) is 72.0. The summed E-state index contributed by atoms with van der Waals surface area (Å²) in [6, 6.07) is 0. The second-order valence-corrected chi connectivity index (χ2v) is 34.0. The van der Waals surface area contributed by atoms with Gasteiger partial charge in [0.05, 0.1) is 26.4 Å². The third-order valence-corrected chi connectivity index (χ3v) is 22.3.